The first kappa shape index (κ1) is 34.7. The molecule has 0 radical (unpaired) electrons. The summed E-state index contributed by atoms with van der Waals surface area (Å²) in [6.07, 6.45) is -10.0. The van der Waals surface area contributed by atoms with Crippen LogP contribution in [0.4, 0.5) is 37.7 Å². The van der Waals surface area contributed by atoms with Crippen LogP contribution >= 0.6 is 0 Å². The minimum Gasteiger partial charge on any atom is -0.512 e. The highest BCUT2D eigenvalue weighted by atomic mass is 19.4. The first-order chi connectivity index (χ1) is 18.8. The zero-order valence-corrected chi connectivity index (χ0v) is 22.9. The molecule has 5 nitrogen and oxygen atoms in total. The fourth-order valence-corrected chi connectivity index (χ4v) is 3.57. The van der Waals surface area contributed by atoms with E-state index in [1.807, 2.05) is 12.1 Å². The van der Waals surface area contributed by atoms with Crippen molar-refractivity contribution in [1.29, 1.82) is 0 Å². The van der Waals surface area contributed by atoms with Gasteiger partial charge in [0, 0.05) is 37.6 Å². The summed E-state index contributed by atoms with van der Waals surface area (Å²) >= 11 is 0. The lowest BCUT2D eigenvalue weighted by molar-refractivity contribution is -0.143. The van der Waals surface area contributed by atoms with Gasteiger partial charge in [0.2, 0.25) is 0 Å². The predicted molar refractivity (Wildman–Crippen MR) is 147 cm³/mol. The Morgan fingerprint density at radius 1 is 0.600 bits per heavy atom. The molecule has 3 rings (SSSR count). The normalized spacial score (nSPS) is 10.9. The second kappa shape index (κ2) is 16.7. The number of alkyl halides is 6. The molecule has 12 heteroatoms. The number of benzene rings is 3. The third kappa shape index (κ3) is 12.2. The van der Waals surface area contributed by atoms with E-state index in [2.05, 4.69) is 90.7 Å². The summed E-state index contributed by atoms with van der Waals surface area (Å²) < 4.78 is 78.0. The lowest BCUT2D eigenvalue weighted by Gasteiger charge is -2.20. The Kier molecular flexibility index (Phi) is 14.4. The van der Waals surface area contributed by atoms with Gasteiger partial charge in [-0.15, -0.1) is 0 Å². The number of hydrogen-bond donors (Lipinski definition) is 2. The van der Waals surface area contributed by atoms with Crippen LogP contribution in [0.2, 0.25) is 0 Å². The molecule has 2 N–H and O–H groups in total. The van der Waals surface area contributed by atoms with E-state index in [1.54, 1.807) is 0 Å². The summed E-state index contributed by atoms with van der Waals surface area (Å²) in [5.74, 6) is -0.952. The highest BCUT2D eigenvalue weighted by molar-refractivity contribution is 6.33. The standard InChI is InChI=1S/2C10H15N.C8H5BF6O3/c2*1-3-11(4-2)10-8-6-5-7-9-10;10-7(11,12)4-1-5(8(13,14)15)3-6(2-4)18-9(16)17/h2*5-9H,3-4H2,1-2H3;1-3,16-17H. The molecular weight excluding hydrogens is 537 g/mol. The average Bonchev–Trinajstić information content (AvgIpc) is 2.91. The molecule has 0 unspecified atom stereocenters. The van der Waals surface area contributed by atoms with E-state index in [0.29, 0.717) is 0 Å². The molecular formula is C28H35BF6N2O3. The minimum absolute atomic E-state index is 0.101. The first-order valence-corrected chi connectivity index (χ1v) is 12.7. The maximum Gasteiger partial charge on any atom is 0.707 e. The Hall–Kier alpha value is -3.38. The molecule has 0 saturated heterocycles. The van der Waals surface area contributed by atoms with E-state index in [9.17, 15) is 26.3 Å². The molecule has 0 aliphatic carbocycles. The van der Waals surface area contributed by atoms with Crippen LogP contribution in [0.15, 0.2) is 78.9 Å². The Morgan fingerprint density at radius 2 is 0.925 bits per heavy atom. The summed E-state index contributed by atoms with van der Waals surface area (Å²) in [7, 11) is -2.52. The maximum atomic E-state index is 12.3. The third-order valence-corrected chi connectivity index (χ3v) is 5.57. The second-order valence-electron chi connectivity index (χ2n) is 8.20. The van der Waals surface area contributed by atoms with Crippen molar-refractivity contribution in [2.45, 2.75) is 40.0 Å². The van der Waals surface area contributed by atoms with Crippen molar-refractivity contribution in [2.24, 2.45) is 0 Å². The van der Waals surface area contributed by atoms with Gasteiger partial charge in [0.1, 0.15) is 5.75 Å². The molecule has 0 fully saturated rings. The summed E-state index contributed by atoms with van der Waals surface area (Å²) in [6, 6.07) is 21.3. The van der Waals surface area contributed by atoms with Crippen LogP contribution in [0.25, 0.3) is 0 Å². The monoisotopic (exact) mass is 572 g/mol. The van der Waals surface area contributed by atoms with Crippen molar-refractivity contribution in [1.82, 2.24) is 0 Å². The minimum atomic E-state index is -5.01. The van der Waals surface area contributed by atoms with Crippen LogP contribution in [0.3, 0.4) is 0 Å². The van der Waals surface area contributed by atoms with Gasteiger partial charge in [0.05, 0.1) is 11.1 Å². The number of halogens is 6. The highest BCUT2D eigenvalue weighted by Gasteiger charge is 2.37. The lowest BCUT2D eigenvalue weighted by atomic mass is 10.1. The zero-order chi connectivity index (χ0) is 30.3. The van der Waals surface area contributed by atoms with Gasteiger partial charge in [0.15, 0.2) is 0 Å². The molecule has 0 atom stereocenters. The van der Waals surface area contributed by atoms with Gasteiger partial charge in [-0.05, 0) is 70.2 Å². The number of anilines is 2. The molecule has 0 aliphatic rings. The summed E-state index contributed by atoms with van der Waals surface area (Å²) in [5, 5.41) is 16.7. The van der Waals surface area contributed by atoms with Crippen molar-refractivity contribution in [2.75, 3.05) is 36.0 Å². The molecule has 0 spiro atoms. The molecule has 0 amide bonds. The van der Waals surface area contributed by atoms with E-state index < -0.39 is 36.6 Å². The maximum absolute atomic E-state index is 12.3. The van der Waals surface area contributed by atoms with Crippen molar-refractivity contribution < 1.29 is 41.0 Å². The Morgan fingerprint density at radius 3 is 1.18 bits per heavy atom. The average molecular weight is 572 g/mol. The largest absolute Gasteiger partial charge is 0.707 e. The van der Waals surface area contributed by atoms with E-state index >= 15 is 0 Å². The van der Waals surface area contributed by atoms with Crippen LogP contribution in [0, 0.1) is 0 Å². The van der Waals surface area contributed by atoms with E-state index in [1.165, 1.54) is 11.4 Å². The van der Waals surface area contributed by atoms with Crippen LogP contribution in [-0.2, 0) is 12.4 Å². The summed E-state index contributed by atoms with van der Waals surface area (Å²) in [5.41, 5.74) is -0.573. The topological polar surface area (TPSA) is 56.2 Å². The molecule has 0 heterocycles. The molecule has 40 heavy (non-hydrogen) atoms. The lowest BCUT2D eigenvalue weighted by Crippen LogP contribution is -2.21. The number of para-hydroxylation sites is 2. The zero-order valence-electron chi connectivity index (χ0n) is 22.9. The van der Waals surface area contributed by atoms with Crippen LogP contribution < -0.4 is 14.5 Å². The fourth-order valence-electron chi connectivity index (χ4n) is 3.57. The van der Waals surface area contributed by atoms with Crippen molar-refractivity contribution in [3.63, 3.8) is 0 Å². The Bertz CT molecular complexity index is 1010. The van der Waals surface area contributed by atoms with E-state index in [-0.39, 0.29) is 18.2 Å². The van der Waals surface area contributed by atoms with E-state index in [4.69, 9.17) is 10.0 Å². The van der Waals surface area contributed by atoms with Crippen LogP contribution in [0.5, 0.6) is 5.75 Å². The molecule has 0 aliphatic heterocycles. The van der Waals surface area contributed by atoms with Crippen LogP contribution in [-0.4, -0.2) is 43.5 Å². The van der Waals surface area contributed by atoms with Gasteiger partial charge in [-0.3, -0.25) is 0 Å². The number of hydrogen-bond acceptors (Lipinski definition) is 5. The SMILES string of the molecule is CCN(CC)c1ccccc1.CCN(CC)c1ccccc1.OB(O)Oc1cc(C(F)(F)F)cc(C(F)(F)F)c1. The van der Waals surface area contributed by atoms with Crippen molar-refractivity contribution >= 4 is 18.7 Å². The molecule has 0 aromatic heterocycles. The Balaban J connectivity index is 0.000000315. The summed E-state index contributed by atoms with van der Waals surface area (Å²) in [4.78, 5) is 4.67. The second-order valence-corrected chi connectivity index (χ2v) is 8.20. The smallest absolute Gasteiger partial charge is 0.512 e. The molecule has 220 valence electrons. The first-order valence-electron chi connectivity index (χ1n) is 12.7. The van der Waals surface area contributed by atoms with E-state index in [0.717, 1.165) is 26.2 Å². The van der Waals surface area contributed by atoms with Gasteiger partial charge in [-0.2, -0.15) is 26.3 Å². The van der Waals surface area contributed by atoms with Gasteiger partial charge in [-0.25, -0.2) is 0 Å². The van der Waals surface area contributed by atoms with Gasteiger partial charge in [-0.1, -0.05) is 36.4 Å². The Labute approximate surface area is 231 Å². The highest BCUT2D eigenvalue weighted by Crippen LogP contribution is 2.38. The quantitative estimate of drug-likeness (QED) is 0.222. The van der Waals surface area contributed by atoms with Gasteiger partial charge < -0.3 is 24.5 Å². The van der Waals surface area contributed by atoms with Gasteiger partial charge in [0.25, 0.3) is 0 Å². The fraction of sp³-hybridized carbons (Fsp3) is 0.357. The molecule has 0 bridgehead atoms. The third-order valence-electron chi connectivity index (χ3n) is 5.57. The van der Waals surface area contributed by atoms with Crippen molar-refractivity contribution in [3.8, 4) is 5.75 Å². The van der Waals surface area contributed by atoms with Crippen molar-refractivity contribution in [3.05, 3.63) is 90.0 Å². The van der Waals surface area contributed by atoms with Gasteiger partial charge >= 0.3 is 19.7 Å². The van der Waals surface area contributed by atoms with Crippen LogP contribution in [0.1, 0.15) is 38.8 Å². The molecule has 3 aromatic carbocycles. The molecule has 0 saturated carbocycles. The number of rotatable bonds is 8. The predicted octanol–water partition coefficient (Wildman–Crippen LogP) is 7.14. The summed E-state index contributed by atoms with van der Waals surface area (Å²) in [6.45, 7) is 13.0. The molecule has 3 aromatic rings. The number of nitrogens with zero attached hydrogens (tertiary/aromatic N) is 2.